The Morgan fingerprint density at radius 3 is 2.37 bits per heavy atom. The van der Waals surface area contributed by atoms with Gasteiger partial charge in [0, 0.05) is 6.42 Å². The maximum atomic E-state index is 13.2. The van der Waals surface area contributed by atoms with Crippen molar-refractivity contribution in [1.82, 2.24) is 29.9 Å². The molecule has 0 aliphatic heterocycles. The molecule has 3 heterocycles. The van der Waals surface area contributed by atoms with Gasteiger partial charge < -0.3 is 14.0 Å². The lowest BCUT2D eigenvalue weighted by Gasteiger charge is -2.18. The minimum Gasteiger partial charge on any atom is -0.494 e. The third-order valence-electron chi connectivity index (χ3n) is 5.19. The number of para-hydroxylation sites is 1. The Bertz CT molecular complexity index is 1410. The fraction of sp³-hybridized carbons (Fsp3) is 0.286. The molecular formula is C21H22FN7O5S. The van der Waals surface area contributed by atoms with E-state index in [0.717, 1.165) is 12.4 Å². The molecule has 0 aliphatic carbocycles. The summed E-state index contributed by atoms with van der Waals surface area (Å²) in [7, 11) is -1.08. The highest BCUT2D eigenvalue weighted by Gasteiger charge is 2.29. The van der Waals surface area contributed by atoms with Gasteiger partial charge in [-0.05, 0) is 26.0 Å². The molecule has 184 valence electrons. The maximum Gasteiger partial charge on any atom is 0.243 e. The number of benzene rings is 1. The van der Waals surface area contributed by atoms with Crippen LogP contribution >= 0.6 is 0 Å². The maximum absolute atomic E-state index is 13.2. The van der Waals surface area contributed by atoms with Crippen LogP contribution < -0.4 is 14.2 Å². The van der Waals surface area contributed by atoms with E-state index in [1.807, 2.05) is 0 Å². The van der Waals surface area contributed by atoms with E-state index in [-0.39, 0.29) is 24.0 Å². The summed E-state index contributed by atoms with van der Waals surface area (Å²) in [6.07, 6.45) is 3.28. The molecule has 12 nitrogen and oxygen atoms in total. The van der Waals surface area contributed by atoms with Gasteiger partial charge in [0.25, 0.3) is 0 Å². The number of methoxy groups -OCH3 is 2. The second kappa shape index (κ2) is 9.66. The first-order valence-corrected chi connectivity index (χ1v) is 11.9. The number of nitrogens with zero attached hydrogens (tertiary/aromatic N) is 6. The fourth-order valence-corrected chi connectivity index (χ4v) is 4.29. The van der Waals surface area contributed by atoms with Crippen molar-refractivity contribution in [2.24, 2.45) is 0 Å². The third kappa shape index (κ3) is 4.77. The van der Waals surface area contributed by atoms with E-state index in [2.05, 4.69) is 30.0 Å². The van der Waals surface area contributed by atoms with Crippen LogP contribution in [0.2, 0.25) is 0 Å². The highest BCUT2D eigenvalue weighted by atomic mass is 32.2. The zero-order chi connectivity index (χ0) is 25.2. The van der Waals surface area contributed by atoms with Gasteiger partial charge in [0.05, 0.1) is 43.1 Å². The second-order valence-corrected chi connectivity index (χ2v) is 9.59. The number of halogens is 1. The van der Waals surface area contributed by atoms with Crippen LogP contribution in [0, 0.1) is 12.7 Å². The summed E-state index contributed by atoms with van der Waals surface area (Å²) < 4.78 is 59.6. The fourth-order valence-electron chi connectivity index (χ4n) is 3.33. The molecule has 0 saturated carbocycles. The smallest absolute Gasteiger partial charge is 0.243 e. The molecule has 0 amide bonds. The number of sulfonamides is 1. The van der Waals surface area contributed by atoms with Crippen LogP contribution in [0.3, 0.4) is 0 Å². The molecule has 4 rings (SSSR count). The predicted octanol–water partition coefficient (Wildman–Crippen LogP) is 2.55. The SMILES string of the molecule is COc1cccc(OC)c1-n1c(NS(=O)(=O)C(C)Cc2ncc(F)cn2)nnc1-c1conc1C. The summed E-state index contributed by atoms with van der Waals surface area (Å²) in [5.74, 6) is 0.463. The zero-order valence-electron chi connectivity index (χ0n) is 19.3. The molecule has 0 radical (unpaired) electrons. The third-order valence-corrected chi connectivity index (χ3v) is 6.88. The van der Waals surface area contributed by atoms with Crippen molar-refractivity contribution in [3.63, 3.8) is 0 Å². The first-order valence-electron chi connectivity index (χ1n) is 10.3. The van der Waals surface area contributed by atoms with E-state index in [1.165, 1.54) is 32.0 Å². The van der Waals surface area contributed by atoms with Crippen LogP contribution in [0.1, 0.15) is 18.4 Å². The van der Waals surface area contributed by atoms with Crippen molar-refractivity contribution in [3.05, 3.63) is 54.2 Å². The largest absolute Gasteiger partial charge is 0.494 e. The summed E-state index contributed by atoms with van der Waals surface area (Å²) in [5, 5.41) is 11.2. The van der Waals surface area contributed by atoms with Gasteiger partial charge in [-0.15, -0.1) is 10.2 Å². The lowest BCUT2D eigenvalue weighted by atomic mass is 10.2. The Morgan fingerprint density at radius 2 is 1.80 bits per heavy atom. The first-order chi connectivity index (χ1) is 16.7. The molecule has 3 aromatic heterocycles. The molecule has 0 bridgehead atoms. The van der Waals surface area contributed by atoms with Gasteiger partial charge >= 0.3 is 0 Å². The van der Waals surface area contributed by atoms with Gasteiger partial charge in [-0.3, -0.25) is 9.29 Å². The Labute approximate surface area is 200 Å². The number of anilines is 1. The van der Waals surface area contributed by atoms with Crippen molar-refractivity contribution < 1.29 is 26.8 Å². The summed E-state index contributed by atoms with van der Waals surface area (Å²) in [5.41, 5.74) is 1.37. The number of hydrogen-bond acceptors (Lipinski definition) is 10. The molecule has 1 atom stereocenters. The second-order valence-electron chi connectivity index (χ2n) is 7.49. The van der Waals surface area contributed by atoms with E-state index >= 15 is 0 Å². The Balaban J connectivity index is 1.80. The van der Waals surface area contributed by atoms with Crippen molar-refractivity contribution in [1.29, 1.82) is 0 Å². The van der Waals surface area contributed by atoms with Crippen molar-refractivity contribution >= 4 is 16.0 Å². The molecule has 4 aromatic rings. The van der Waals surface area contributed by atoms with E-state index in [4.69, 9.17) is 14.0 Å². The Kier molecular flexibility index (Phi) is 6.64. The summed E-state index contributed by atoms with van der Waals surface area (Å²) in [6.45, 7) is 3.19. The Hall–Kier alpha value is -4.07. The van der Waals surface area contributed by atoms with E-state index in [0.29, 0.717) is 28.4 Å². The number of aromatic nitrogens is 6. The topological polar surface area (TPSA) is 147 Å². The molecule has 0 fully saturated rings. The van der Waals surface area contributed by atoms with Gasteiger partial charge in [0.1, 0.15) is 29.3 Å². The summed E-state index contributed by atoms with van der Waals surface area (Å²) >= 11 is 0. The number of nitrogens with one attached hydrogen (secondary N) is 1. The van der Waals surface area contributed by atoms with E-state index in [1.54, 1.807) is 25.1 Å². The monoisotopic (exact) mass is 503 g/mol. The summed E-state index contributed by atoms with van der Waals surface area (Å²) in [6, 6.07) is 5.11. The summed E-state index contributed by atoms with van der Waals surface area (Å²) in [4.78, 5) is 7.67. The predicted molar refractivity (Wildman–Crippen MR) is 122 cm³/mol. The van der Waals surface area contributed by atoms with Crippen molar-refractivity contribution in [3.8, 4) is 28.6 Å². The number of rotatable bonds is 9. The quantitative estimate of drug-likeness (QED) is 0.361. The highest BCUT2D eigenvalue weighted by Crippen LogP contribution is 2.38. The standard InChI is InChI=1S/C21H22FN7O5S/c1-12(8-18-23-9-14(22)10-24-18)35(30,31)28-21-26-25-20(15-11-34-27-13(15)2)29(21)19-16(32-3)6-5-7-17(19)33-4/h5-7,9-12H,8H2,1-4H3,(H,26,28). The molecule has 0 aliphatic rings. The molecule has 35 heavy (non-hydrogen) atoms. The molecule has 0 spiro atoms. The molecular weight excluding hydrogens is 481 g/mol. The van der Waals surface area contributed by atoms with Gasteiger partial charge in [-0.25, -0.2) is 22.8 Å². The van der Waals surface area contributed by atoms with Crippen LogP contribution in [0.25, 0.3) is 17.1 Å². The minimum absolute atomic E-state index is 0.0562. The van der Waals surface area contributed by atoms with Crippen LogP contribution in [-0.2, 0) is 16.4 Å². The van der Waals surface area contributed by atoms with Gasteiger partial charge in [-0.2, -0.15) is 0 Å². The molecule has 1 aromatic carbocycles. The van der Waals surface area contributed by atoms with Crippen LogP contribution in [0.15, 0.2) is 41.4 Å². The average Bonchev–Trinajstić information content (AvgIpc) is 3.44. The highest BCUT2D eigenvalue weighted by molar-refractivity contribution is 7.93. The molecule has 14 heteroatoms. The first kappa shape index (κ1) is 24.1. The van der Waals surface area contributed by atoms with E-state index in [9.17, 15) is 12.8 Å². The van der Waals surface area contributed by atoms with Gasteiger partial charge in [0.2, 0.25) is 16.0 Å². The average molecular weight is 504 g/mol. The normalized spacial score (nSPS) is 12.4. The van der Waals surface area contributed by atoms with E-state index < -0.39 is 21.1 Å². The van der Waals surface area contributed by atoms with Crippen molar-refractivity contribution in [2.45, 2.75) is 25.5 Å². The number of ether oxygens (including phenoxy) is 2. The lowest BCUT2D eigenvalue weighted by molar-refractivity contribution is 0.391. The number of aryl methyl sites for hydroxylation is 1. The number of hydrogen-bond donors (Lipinski definition) is 1. The zero-order valence-corrected chi connectivity index (χ0v) is 20.1. The molecule has 1 N–H and O–H groups in total. The van der Waals surface area contributed by atoms with Gasteiger partial charge in [0.15, 0.2) is 11.6 Å². The van der Waals surface area contributed by atoms with Gasteiger partial charge in [-0.1, -0.05) is 11.2 Å². The van der Waals surface area contributed by atoms with Crippen LogP contribution in [0.4, 0.5) is 10.3 Å². The van der Waals surface area contributed by atoms with Crippen LogP contribution in [0.5, 0.6) is 11.5 Å². The minimum atomic E-state index is -4.02. The lowest BCUT2D eigenvalue weighted by Crippen LogP contribution is -2.29. The van der Waals surface area contributed by atoms with Crippen molar-refractivity contribution in [2.75, 3.05) is 18.9 Å². The van der Waals surface area contributed by atoms with Crippen LogP contribution in [-0.4, -0.2) is 57.8 Å². The Morgan fingerprint density at radius 1 is 1.14 bits per heavy atom. The molecule has 1 unspecified atom stereocenters. The molecule has 0 saturated heterocycles.